The fourth-order valence-electron chi connectivity index (χ4n) is 2.30. The largest absolute Gasteiger partial charge is 0.496 e. The van der Waals surface area contributed by atoms with Crippen LogP contribution in [-0.4, -0.2) is 26.2 Å². The smallest absolute Gasteiger partial charge is 0.165 e. The Balaban J connectivity index is 2.04. The van der Waals surface area contributed by atoms with Crippen LogP contribution in [0, 0.1) is 5.82 Å². The summed E-state index contributed by atoms with van der Waals surface area (Å²) in [6.07, 6.45) is 0. The lowest BCUT2D eigenvalue weighted by molar-refractivity contribution is 0.309. The normalized spacial score (nSPS) is 10.7. The standard InChI is InChI=1S/C17H20FNO2/c1-19(12-14-6-4-5-7-16(14)20-2)11-13-8-9-17(21-3)15(18)10-13/h4-10H,11-12H2,1-3H3. The molecular formula is C17H20FNO2. The van der Waals surface area contributed by atoms with Crippen molar-refractivity contribution in [1.82, 2.24) is 4.90 Å². The molecule has 0 aromatic heterocycles. The molecule has 0 saturated carbocycles. The molecule has 0 heterocycles. The number of nitrogens with zero attached hydrogens (tertiary/aromatic N) is 1. The fourth-order valence-corrected chi connectivity index (χ4v) is 2.30. The number of benzene rings is 2. The lowest BCUT2D eigenvalue weighted by Gasteiger charge is -2.18. The molecule has 0 spiro atoms. The summed E-state index contributed by atoms with van der Waals surface area (Å²) in [5.41, 5.74) is 2.02. The van der Waals surface area contributed by atoms with Crippen LogP contribution in [-0.2, 0) is 13.1 Å². The van der Waals surface area contributed by atoms with E-state index in [1.807, 2.05) is 37.4 Å². The average molecular weight is 289 g/mol. The zero-order chi connectivity index (χ0) is 15.2. The van der Waals surface area contributed by atoms with Crippen molar-refractivity contribution in [3.63, 3.8) is 0 Å². The van der Waals surface area contributed by atoms with E-state index in [9.17, 15) is 4.39 Å². The van der Waals surface area contributed by atoms with E-state index in [-0.39, 0.29) is 11.6 Å². The second-order valence-corrected chi connectivity index (χ2v) is 4.95. The maximum atomic E-state index is 13.7. The van der Waals surface area contributed by atoms with E-state index in [0.717, 1.165) is 23.4 Å². The van der Waals surface area contributed by atoms with Gasteiger partial charge in [-0.05, 0) is 30.8 Å². The monoisotopic (exact) mass is 289 g/mol. The molecule has 0 saturated heterocycles. The van der Waals surface area contributed by atoms with Gasteiger partial charge in [-0.25, -0.2) is 4.39 Å². The maximum Gasteiger partial charge on any atom is 0.165 e. The molecule has 3 nitrogen and oxygen atoms in total. The molecular weight excluding hydrogens is 269 g/mol. The zero-order valence-electron chi connectivity index (χ0n) is 12.6. The molecule has 2 rings (SSSR count). The van der Waals surface area contributed by atoms with Gasteiger partial charge in [-0.2, -0.15) is 0 Å². The molecule has 0 unspecified atom stereocenters. The van der Waals surface area contributed by atoms with Gasteiger partial charge in [0.15, 0.2) is 11.6 Å². The molecule has 2 aromatic carbocycles. The number of halogens is 1. The van der Waals surface area contributed by atoms with E-state index in [0.29, 0.717) is 6.54 Å². The van der Waals surface area contributed by atoms with Gasteiger partial charge in [0.05, 0.1) is 14.2 Å². The van der Waals surface area contributed by atoms with Crippen molar-refractivity contribution in [3.8, 4) is 11.5 Å². The summed E-state index contributed by atoms with van der Waals surface area (Å²) >= 11 is 0. The van der Waals surface area contributed by atoms with Crippen molar-refractivity contribution in [2.75, 3.05) is 21.3 Å². The van der Waals surface area contributed by atoms with Gasteiger partial charge in [-0.1, -0.05) is 24.3 Å². The first-order chi connectivity index (χ1) is 10.1. The average Bonchev–Trinajstić information content (AvgIpc) is 2.48. The molecule has 0 bridgehead atoms. The highest BCUT2D eigenvalue weighted by Gasteiger charge is 2.08. The summed E-state index contributed by atoms with van der Waals surface area (Å²) in [6, 6.07) is 12.9. The van der Waals surface area contributed by atoms with Gasteiger partial charge in [-0.3, -0.25) is 4.90 Å². The highest BCUT2D eigenvalue weighted by Crippen LogP contribution is 2.21. The van der Waals surface area contributed by atoms with Crippen molar-refractivity contribution in [2.24, 2.45) is 0 Å². The van der Waals surface area contributed by atoms with Gasteiger partial charge < -0.3 is 9.47 Å². The number of hydrogen-bond acceptors (Lipinski definition) is 3. The van der Waals surface area contributed by atoms with Crippen LogP contribution in [0.1, 0.15) is 11.1 Å². The van der Waals surface area contributed by atoms with E-state index in [1.54, 1.807) is 13.2 Å². The molecule has 0 fully saturated rings. The molecule has 0 aliphatic rings. The molecule has 0 amide bonds. The van der Waals surface area contributed by atoms with Crippen molar-refractivity contribution in [1.29, 1.82) is 0 Å². The van der Waals surface area contributed by atoms with E-state index in [4.69, 9.17) is 9.47 Å². The van der Waals surface area contributed by atoms with Crippen LogP contribution < -0.4 is 9.47 Å². The number of para-hydroxylation sites is 1. The summed E-state index contributed by atoms with van der Waals surface area (Å²) < 4.78 is 24.0. The first-order valence-corrected chi connectivity index (χ1v) is 6.77. The number of ether oxygens (including phenoxy) is 2. The Morgan fingerprint density at radius 2 is 1.67 bits per heavy atom. The second kappa shape index (κ2) is 7.09. The van der Waals surface area contributed by atoms with Crippen LogP contribution in [0.5, 0.6) is 11.5 Å². The molecule has 2 aromatic rings. The van der Waals surface area contributed by atoms with E-state index >= 15 is 0 Å². The quantitative estimate of drug-likeness (QED) is 0.812. The predicted octanol–water partition coefficient (Wildman–Crippen LogP) is 3.47. The second-order valence-electron chi connectivity index (χ2n) is 4.95. The van der Waals surface area contributed by atoms with Gasteiger partial charge in [0.2, 0.25) is 0 Å². The minimum Gasteiger partial charge on any atom is -0.496 e. The third-order valence-electron chi connectivity index (χ3n) is 3.30. The van der Waals surface area contributed by atoms with E-state index < -0.39 is 0 Å². The lowest BCUT2D eigenvalue weighted by Crippen LogP contribution is -2.17. The Kier molecular flexibility index (Phi) is 5.17. The first kappa shape index (κ1) is 15.3. The third kappa shape index (κ3) is 3.95. The predicted molar refractivity (Wildman–Crippen MR) is 81.1 cm³/mol. The molecule has 0 aliphatic carbocycles. The zero-order valence-corrected chi connectivity index (χ0v) is 12.6. The summed E-state index contributed by atoms with van der Waals surface area (Å²) in [7, 11) is 5.12. The summed E-state index contributed by atoms with van der Waals surface area (Å²) in [6.45, 7) is 1.39. The highest BCUT2D eigenvalue weighted by molar-refractivity contribution is 5.33. The van der Waals surface area contributed by atoms with Crippen molar-refractivity contribution >= 4 is 0 Å². The Morgan fingerprint density at radius 3 is 2.33 bits per heavy atom. The van der Waals surface area contributed by atoms with Crippen LogP contribution in [0.15, 0.2) is 42.5 Å². The Hall–Kier alpha value is -2.07. The molecule has 0 N–H and O–H groups in total. The highest BCUT2D eigenvalue weighted by atomic mass is 19.1. The Labute approximate surface area is 124 Å². The number of hydrogen-bond donors (Lipinski definition) is 0. The summed E-state index contributed by atoms with van der Waals surface area (Å²) in [5, 5.41) is 0. The van der Waals surface area contributed by atoms with Crippen LogP contribution in [0.4, 0.5) is 4.39 Å². The minimum atomic E-state index is -0.333. The van der Waals surface area contributed by atoms with Gasteiger partial charge >= 0.3 is 0 Å². The maximum absolute atomic E-state index is 13.7. The summed E-state index contributed by atoms with van der Waals surface area (Å²) in [5.74, 6) is 0.803. The van der Waals surface area contributed by atoms with E-state index in [1.165, 1.54) is 13.2 Å². The number of methoxy groups -OCH3 is 2. The van der Waals surface area contributed by atoms with E-state index in [2.05, 4.69) is 4.90 Å². The summed E-state index contributed by atoms with van der Waals surface area (Å²) in [4.78, 5) is 2.11. The van der Waals surface area contributed by atoms with Crippen LogP contribution in [0.3, 0.4) is 0 Å². The molecule has 21 heavy (non-hydrogen) atoms. The molecule has 112 valence electrons. The van der Waals surface area contributed by atoms with Crippen molar-refractivity contribution < 1.29 is 13.9 Å². The van der Waals surface area contributed by atoms with Gasteiger partial charge in [0.1, 0.15) is 5.75 Å². The Bertz CT molecular complexity index is 601. The van der Waals surface area contributed by atoms with Crippen molar-refractivity contribution in [3.05, 3.63) is 59.4 Å². The minimum absolute atomic E-state index is 0.270. The molecule has 0 radical (unpaired) electrons. The fraction of sp³-hybridized carbons (Fsp3) is 0.294. The SMILES string of the molecule is COc1ccc(CN(C)Cc2ccccc2OC)cc1F. The van der Waals surface area contributed by atoms with Crippen LogP contribution >= 0.6 is 0 Å². The van der Waals surface area contributed by atoms with Crippen molar-refractivity contribution in [2.45, 2.75) is 13.1 Å². The third-order valence-corrected chi connectivity index (χ3v) is 3.30. The van der Waals surface area contributed by atoms with Gasteiger partial charge in [0, 0.05) is 18.7 Å². The van der Waals surface area contributed by atoms with Gasteiger partial charge in [0.25, 0.3) is 0 Å². The lowest BCUT2D eigenvalue weighted by atomic mass is 10.1. The van der Waals surface area contributed by atoms with Crippen LogP contribution in [0.25, 0.3) is 0 Å². The topological polar surface area (TPSA) is 21.7 Å². The number of rotatable bonds is 6. The molecule has 0 atom stereocenters. The van der Waals surface area contributed by atoms with Crippen LogP contribution in [0.2, 0.25) is 0 Å². The molecule has 4 heteroatoms. The first-order valence-electron chi connectivity index (χ1n) is 6.77. The van der Waals surface area contributed by atoms with Gasteiger partial charge in [-0.15, -0.1) is 0 Å². The molecule has 0 aliphatic heterocycles. The Morgan fingerprint density at radius 1 is 0.952 bits per heavy atom.